The zero-order chi connectivity index (χ0) is 18.9. The smallest absolute Gasteiger partial charge is 0.135 e. The van der Waals surface area contributed by atoms with Crippen molar-refractivity contribution in [2.24, 2.45) is 0 Å². The number of aromatic nitrogens is 5. The summed E-state index contributed by atoms with van der Waals surface area (Å²) in [5.41, 5.74) is 10.2. The second-order valence-corrected chi connectivity index (χ2v) is 7.42. The number of hydrogen-bond acceptors (Lipinski definition) is 6. The van der Waals surface area contributed by atoms with Gasteiger partial charge in [-0.1, -0.05) is 36.4 Å². The Morgan fingerprint density at radius 2 is 1.89 bits per heavy atom. The second kappa shape index (κ2) is 6.86. The molecule has 4 heterocycles. The van der Waals surface area contributed by atoms with Crippen molar-refractivity contribution in [3.63, 3.8) is 0 Å². The molecule has 5 aromatic rings. The van der Waals surface area contributed by atoms with Gasteiger partial charge in [-0.25, -0.2) is 15.0 Å². The van der Waals surface area contributed by atoms with E-state index in [1.807, 2.05) is 36.8 Å². The van der Waals surface area contributed by atoms with Crippen LogP contribution in [0, 0.1) is 0 Å². The van der Waals surface area contributed by atoms with E-state index in [9.17, 15) is 0 Å². The summed E-state index contributed by atoms with van der Waals surface area (Å²) in [7, 11) is 0. The number of hydrogen-bond donors (Lipinski definition) is 1. The standard InChI is InChI=1S/C21H16N6S/c22-20-16-9-17(28-21(16)25-12-24-20)19-18(15-6-2-1-3-7-15)26-13-27(19)11-14-5-4-8-23-10-14/h1-10,12-13H,11H2,(H2,22,24,25). The summed E-state index contributed by atoms with van der Waals surface area (Å²) in [6, 6.07) is 16.3. The molecule has 136 valence electrons. The monoisotopic (exact) mass is 384 g/mol. The van der Waals surface area contributed by atoms with E-state index in [4.69, 9.17) is 10.7 Å². The van der Waals surface area contributed by atoms with Crippen LogP contribution in [0.15, 0.2) is 73.6 Å². The van der Waals surface area contributed by atoms with Crippen molar-refractivity contribution < 1.29 is 0 Å². The molecule has 0 fully saturated rings. The van der Waals surface area contributed by atoms with Crippen LogP contribution < -0.4 is 5.73 Å². The van der Waals surface area contributed by atoms with E-state index in [0.717, 1.165) is 37.6 Å². The zero-order valence-corrected chi connectivity index (χ0v) is 15.7. The Hall–Kier alpha value is -3.58. The summed E-state index contributed by atoms with van der Waals surface area (Å²) in [6.45, 7) is 0.679. The predicted molar refractivity (Wildman–Crippen MR) is 112 cm³/mol. The molecule has 0 atom stereocenters. The lowest BCUT2D eigenvalue weighted by molar-refractivity contribution is 0.802. The molecule has 0 aliphatic carbocycles. The Bertz CT molecular complexity index is 1240. The van der Waals surface area contributed by atoms with Gasteiger partial charge in [-0.05, 0) is 17.7 Å². The number of thiophene rings is 1. The van der Waals surface area contributed by atoms with E-state index in [-0.39, 0.29) is 0 Å². The number of imidazole rings is 1. The first-order valence-electron chi connectivity index (χ1n) is 8.79. The first-order chi connectivity index (χ1) is 13.8. The number of nitrogen functional groups attached to an aromatic ring is 1. The SMILES string of the molecule is Nc1ncnc2sc(-c3c(-c4ccccc4)ncn3Cc3cccnc3)cc12. The number of nitrogens with zero attached hydrogens (tertiary/aromatic N) is 5. The average molecular weight is 384 g/mol. The Balaban J connectivity index is 1.70. The van der Waals surface area contributed by atoms with Crippen LogP contribution in [-0.4, -0.2) is 24.5 Å². The minimum absolute atomic E-state index is 0.493. The van der Waals surface area contributed by atoms with Gasteiger partial charge in [0.25, 0.3) is 0 Å². The molecule has 0 amide bonds. The summed E-state index contributed by atoms with van der Waals surface area (Å²) in [5.74, 6) is 0.493. The third kappa shape index (κ3) is 2.91. The van der Waals surface area contributed by atoms with Crippen LogP contribution in [0.4, 0.5) is 5.82 Å². The van der Waals surface area contributed by atoms with Gasteiger partial charge >= 0.3 is 0 Å². The van der Waals surface area contributed by atoms with Gasteiger partial charge in [-0.2, -0.15) is 0 Å². The number of fused-ring (bicyclic) bond motifs is 1. The molecule has 2 N–H and O–H groups in total. The second-order valence-electron chi connectivity index (χ2n) is 6.39. The lowest BCUT2D eigenvalue weighted by Gasteiger charge is -2.09. The quantitative estimate of drug-likeness (QED) is 0.501. The fraction of sp³-hybridized carbons (Fsp3) is 0.0476. The molecule has 28 heavy (non-hydrogen) atoms. The molecule has 0 spiro atoms. The molecule has 7 heteroatoms. The van der Waals surface area contributed by atoms with Crippen molar-refractivity contribution in [1.82, 2.24) is 24.5 Å². The molecule has 5 rings (SSSR count). The highest BCUT2D eigenvalue weighted by molar-refractivity contribution is 7.21. The predicted octanol–water partition coefficient (Wildman–Crippen LogP) is 4.25. The Morgan fingerprint density at radius 1 is 1.00 bits per heavy atom. The van der Waals surface area contributed by atoms with E-state index in [1.165, 1.54) is 6.33 Å². The van der Waals surface area contributed by atoms with Crippen LogP contribution in [0.2, 0.25) is 0 Å². The average Bonchev–Trinajstić information content (AvgIpc) is 3.34. The van der Waals surface area contributed by atoms with Gasteiger partial charge in [0.1, 0.15) is 17.0 Å². The molecule has 0 radical (unpaired) electrons. The van der Waals surface area contributed by atoms with Crippen LogP contribution >= 0.6 is 11.3 Å². The van der Waals surface area contributed by atoms with E-state index >= 15 is 0 Å². The number of benzene rings is 1. The van der Waals surface area contributed by atoms with Gasteiger partial charge in [0.2, 0.25) is 0 Å². The van der Waals surface area contributed by atoms with E-state index in [1.54, 1.807) is 17.5 Å². The largest absolute Gasteiger partial charge is 0.383 e. The van der Waals surface area contributed by atoms with Crippen molar-refractivity contribution in [2.45, 2.75) is 6.54 Å². The third-order valence-electron chi connectivity index (χ3n) is 4.55. The first-order valence-corrected chi connectivity index (χ1v) is 9.61. The molecule has 0 saturated carbocycles. The summed E-state index contributed by atoms with van der Waals surface area (Å²) < 4.78 is 2.15. The topological polar surface area (TPSA) is 82.5 Å². The highest BCUT2D eigenvalue weighted by Crippen LogP contribution is 2.39. The molecule has 0 aliphatic heterocycles. The number of nitrogens with two attached hydrogens (primary N) is 1. The van der Waals surface area contributed by atoms with Gasteiger partial charge < -0.3 is 10.3 Å². The molecular formula is C21H16N6S. The fourth-order valence-electron chi connectivity index (χ4n) is 3.25. The van der Waals surface area contributed by atoms with Gasteiger partial charge in [-0.3, -0.25) is 4.98 Å². The van der Waals surface area contributed by atoms with Gasteiger partial charge in [0.15, 0.2) is 0 Å². The van der Waals surface area contributed by atoms with Crippen molar-refractivity contribution in [3.05, 3.63) is 79.1 Å². The molecule has 6 nitrogen and oxygen atoms in total. The summed E-state index contributed by atoms with van der Waals surface area (Å²) >= 11 is 1.60. The molecule has 0 saturated heterocycles. The van der Waals surface area contributed by atoms with Crippen LogP contribution in [0.25, 0.3) is 32.0 Å². The van der Waals surface area contributed by atoms with Crippen molar-refractivity contribution in [1.29, 1.82) is 0 Å². The van der Waals surface area contributed by atoms with Gasteiger partial charge in [0, 0.05) is 18.0 Å². The lowest BCUT2D eigenvalue weighted by Crippen LogP contribution is -2.00. The van der Waals surface area contributed by atoms with Crippen LogP contribution in [-0.2, 0) is 6.54 Å². The lowest BCUT2D eigenvalue weighted by atomic mass is 10.1. The zero-order valence-electron chi connectivity index (χ0n) is 14.9. The summed E-state index contributed by atoms with van der Waals surface area (Å²) in [4.78, 5) is 19.4. The van der Waals surface area contributed by atoms with Crippen LogP contribution in [0.3, 0.4) is 0 Å². The van der Waals surface area contributed by atoms with E-state index in [0.29, 0.717) is 12.4 Å². The maximum Gasteiger partial charge on any atom is 0.135 e. The number of rotatable bonds is 4. The van der Waals surface area contributed by atoms with E-state index in [2.05, 4.69) is 43.8 Å². The third-order valence-corrected chi connectivity index (χ3v) is 5.60. The minimum atomic E-state index is 0.493. The Morgan fingerprint density at radius 3 is 2.68 bits per heavy atom. The van der Waals surface area contributed by atoms with Gasteiger partial charge in [0.05, 0.1) is 34.5 Å². The summed E-state index contributed by atoms with van der Waals surface area (Å²) in [6.07, 6.45) is 7.04. The molecule has 0 unspecified atom stereocenters. The van der Waals surface area contributed by atoms with Crippen LogP contribution in [0.5, 0.6) is 0 Å². The highest BCUT2D eigenvalue weighted by Gasteiger charge is 2.18. The normalized spacial score (nSPS) is 11.1. The molecule has 0 bridgehead atoms. The fourth-order valence-corrected chi connectivity index (χ4v) is 4.32. The first kappa shape index (κ1) is 16.6. The molecule has 4 aromatic heterocycles. The number of anilines is 1. The summed E-state index contributed by atoms with van der Waals surface area (Å²) in [5, 5.41) is 0.871. The maximum atomic E-state index is 6.06. The van der Waals surface area contributed by atoms with E-state index < -0.39 is 0 Å². The minimum Gasteiger partial charge on any atom is -0.383 e. The highest BCUT2D eigenvalue weighted by atomic mass is 32.1. The Labute approximate surface area is 165 Å². The Kier molecular flexibility index (Phi) is 4.06. The van der Waals surface area contributed by atoms with Crippen molar-refractivity contribution in [3.8, 4) is 21.8 Å². The maximum absolute atomic E-state index is 6.06. The molecular weight excluding hydrogens is 368 g/mol. The number of pyridine rings is 1. The molecule has 0 aliphatic rings. The van der Waals surface area contributed by atoms with Crippen molar-refractivity contribution in [2.75, 3.05) is 5.73 Å². The van der Waals surface area contributed by atoms with Gasteiger partial charge in [-0.15, -0.1) is 11.3 Å². The van der Waals surface area contributed by atoms with Crippen LogP contribution in [0.1, 0.15) is 5.56 Å². The van der Waals surface area contributed by atoms with Crippen molar-refractivity contribution >= 4 is 27.4 Å². The molecule has 1 aromatic carbocycles.